The van der Waals surface area contributed by atoms with Gasteiger partial charge >= 0.3 is 0 Å². The number of carbonyl (C=O) groups is 1. The van der Waals surface area contributed by atoms with Gasteiger partial charge in [-0.05, 0) is 57.5 Å². The summed E-state index contributed by atoms with van der Waals surface area (Å²) in [5, 5.41) is 21.6. The van der Waals surface area contributed by atoms with Crippen molar-refractivity contribution < 1.29 is 19.7 Å². The van der Waals surface area contributed by atoms with E-state index < -0.39 is 17.1 Å². The van der Waals surface area contributed by atoms with Crippen molar-refractivity contribution in [3.63, 3.8) is 0 Å². The number of piperidine rings is 1. The van der Waals surface area contributed by atoms with Gasteiger partial charge in [0.2, 0.25) is 0 Å². The fraction of sp³-hybridized carbons (Fsp3) is 0.944. The third-order valence-corrected chi connectivity index (χ3v) is 8.16. The van der Waals surface area contributed by atoms with Gasteiger partial charge in [-0.3, -0.25) is 4.79 Å². The second-order valence-electron chi connectivity index (χ2n) is 8.70. The molecule has 5 rings (SSSR count). The van der Waals surface area contributed by atoms with Gasteiger partial charge in [0.1, 0.15) is 6.10 Å². The van der Waals surface area contributed by atoms with Gasteiger partial charge in [0.15, 0.2) is 5.78 Å². The molecule has 0 aromatic heterocycles. The summed E-state index contributed by atoms with van der Waals surface area (Å²) >= 11 is 0. The summed E-state index contributed by atoms with van der Waals surface area (Å²) < 4.78 is 6.35. The average Bonchev–Trinajstić information content (AvgIpc) is 2.90. The van der Waals surface area contributed by atoms with Crippen LogP contribution in [0.1, 0.15) is 38.5 Å². The molecule has 5 heteroatoms. The van der Waals surface area contributed by atoms with Crippen molar-refractivity contribution in [1.82, 2.24) is 4.90 Å². The molecule has 0 aromatic rings. The van der Waals surface area contributed by atoms with E-state index in [1.807, 2.05) is 0 Å². The zero-order valence-electron chi connectivity index (χ0n) is 13.8. The lowest BCUT2D eigenvalue weighted by molar-refractivity contribution is -0.247. The molecule has 2 saturated heterocycles. The number of nitrogens with zero attached hydrogens (tertiary/aromatic N) is 1. The highest BCUT2D eigenvalue weighted by Gasteiger charge is 2.77. The second-order valence-corrected chi connectivity index (χ2v) is 8.70. The topological polar surface area (TPSA) is 70.0 Å². The van der Waals surface area contributed by atoms with E-state index in [1.54, 1.807) is 0 Å². The van der Waals surface area contributed by atoms with Crippen molar-refractivity contribution in [1.29, 1.82) is 0 Å². The molecule has 0 radical (unpaired) electrons. The van der Waals surface area contributed by atoms with Crippen molar-refractivity contribution in [2.45, 2.75) is 62.4 Å². The van der Waals surface area contributed by atoms with Crippen molar-refractivity contribution >= 4 is 5.78 Å². The quantitative estimate of drug-likeness (QED) is 0.739. The van der Waals surface area contributed by atoms with E-state index in [1.165, 1.54) is 0 Å². The zero-order valence-corrected chi connectivity index (χ0v) is 13.8. The Morgan fingerprint density at radius 2 is 2.17 bits per heavy atom. The Labute approximate surface area is 137 Å². The van der Waals surface area contributed by atoms with Gasteiger partial charge in [-0.2, -0.15) is 0 Å². The zero-order chi connectivity index (χ0) is 16.0. The largest absolute Gasteiger partial charge is 0.396 e. The van der Waals surface area contributed by atoms with Gasteiger partial charge in [-0.1, -0.05) is 0 Å². The Hall–Kier alpha value is -0.490. The molecule has 1 spiro atoms. The van der Waals surface area contributed by atoms with Crippen LogP contribution in [-0.2, 0) is 9.53 Å². The van der Waals surface area contributed by atoms with Gasteiger partial charge in [0.05, 0.1) is 11.7 Å². The predicted octanol–water partition coefficient (Wildman–Crippen LogP) is 0.577. The summed E-state index contributed by atoms with van der Waals surface area (Å²) in [7, 11) is 2.12. The SMILES string of the molecule is CN1CC[C@]23C4C5CCC(CO)C4O[C@H]2C(=O)CC[C@@]3(O)C1C5. The second kappa shape index (κ2) is 4.57. The molecular formula is C18H27NO4. The van der Waals surface area contributed by atoms with Gasteiger partial charge in [0, 0.05) is 30.4 Å². The monoisotopic (exact) mass is 321 g/mol. The minimum absolute atomic E-state index is 0.0401. The number of ketones is 1. The number of rotatable bonds is 1. The lowest BCUT2D eigenvalue weighted by Gasteiger charge is -2.67. The Balaban J connectivity index is 1.69. The lowest BCUT2D eigenvalue weighted by Crippen LogP contribution is -2.76. The first-order valence-corrected chi connectivity index (χ1v) is 9.24. The number of aliphatic hydroxyl groups is 2. The molecule has 3 aliphatic carbocycles. The number of hydrogen-bond acceptors (Lipinski definition) is 5. The van der Waals surface area contributed by atoms with Gasteiger partial charge in [0.25, 0.3) is 0 Å². The number of hydrogen-bond donors (Lipinski definition) is 2. The van der Waals surface area contributed by atoms with Crippen LogP contribution < -0.4 is 0 Å². The predicted molar refractivity (Wildman–Crippen MR) is 82.7 cm³/mol. The number of Topliss-reactive ketones (excluding diaryl/α,β-unsaturated/α-hetero) is 1. The van der Waals surface area contributed by atoms with Crippen LogP contribution >= 0.6 is 0 Å². The van der Waals surface area contributed by atoms with Crippen LogP contribution in [0.2, 0.25) is 0 Å². The van der Waals surface area contributed by atoms with Crippen LogP contribution in [0.3, 0.4) is 0 Å². The van der Waals surface area contributed by atoms with Gasteiger partial charge in [-0.15, -0.1) is 0 Å². The molecule has 5 unspecified atom stereocenters. The summed E-state index contributed by atoms with van der Waals surface area (Å²) in [4.78, 5) is 15.0. The number of ether oxygens (including phenoxy) is 1. The van der Waals surface area contributed by atoms with E-state index in [-0.39, 0.29) is 36.4 Å². The minimum atomic E-state index is -0.800. The Bertz CT molecular complexity index is 553. The summed E-state index contributed by atoms with van der Waals surface area (Å²) in [6.45, 7) is 1.06. The van der Waals surface area contributed by atoms with E-state index in [9.17, 15) is 15.0 Å². The standard InChI is InChI=1S/C18H27NO4/c1-19-7-6-17-14-10-2-3-11(9-20)15(14)23-16(17)12(21)4-5-18(17,22)13(19)8-10/h10-11,13-16,20,22H,2-9H2,1H3/t10?,11?,13?,14?,15?,16-,17-,18+/m0/s1. The molecule has 128 valence electrons. The molecule has 5 aliphatic rings. The maximum Gasteiger partial charge on any atom is 0.162 e. The van der Waals surface area contributed by atoms with Crippen LogP contribution in [-0.4, -0.2) is 64.9 Å². The highest BCUT2D eigenvalue weighted by molar-refractivity contribution is 5.86. The molecular weight excluding hydrogens is 294 g/mol. The lowest BCUT2D eigenvalue weighted by atomic mass is 9.42. The molecule has 0 amide bonds. The molecule has 23 heavy (non-hydrogen) atoms. The van der Waals surface area contributed by atoms with Crippen LogP contribution in [0, 0.1) is 23.2 Å². The van der Waals surface area contributed by atoms with E-state index in [0.717, 1.165) is 32.2 Å². The van der Waals surface area contributed by atoms with Crippen molar-refractivity contribution in [3.8, 4) is 0 Å². The Morgan fingerprint density at radius 3 is 2.96 bits per heavy atom. The third kappa shape index (κ3) is 1.52. The number of carbonyl (C=O) groups excluding carboxylic acids is 1. The number of likely N-dealkylation sites (tertiary alicyclic amines) is 1. The first-order valence-electron chi connectivity index (χ1n) is 9.24. The first-order chi connectivity index (χ1) is 11.0. The molecule has 5 fully saturated rings. The summed E-state index contributed by atoms with van der Waals surface area (Å²) in [5.74, 6) is 1.08. The minimum Gasteiger partial charge on any atom is -0.396 e. The molecule has 3 saturated carbocycles. The van der Waals surface area contributed by atoms with Gasteiger partial charge in [-0.25, -0.2) is 0 Å². The normalized spacial score (nSPS) is 58.1. The molecule has 2 heterocycles. The van der Waals surface area contributed by atoms with Crippen LogP contribution in [0.25, 0.3) is 0 Å². The van der Waals surface area contributed by atoms with Crippen molar-refractivity contribution in [3.05, 3.63) is 0 Å². The highest BCUT2D eigenvalue weighted by Crippen LogP contribution is 2.69. The molecule has 2 N–H and O–H groups in total. The Kier molecular flexibility index (Phi) is 2.94. The smallest absolute Gasteiger partial charge is 0.162 e. The van der Waals surface area contributed by atoms with E-state index >= 15 is 0 Å². The molecule has 2 bridgehead atoms. The van der Waals surface area contributed by atoms with E-state index in [2.05, 4.69) is 11.9 Å². The fourth-order valence-corrected chi connectivity index (χ4v) is 7.25. The first kappa shape index (κ1) is 14.8. The highest BCUT2D eigenvalue weighted by atomic mass is 16.5. The number of likely N-dealkylation sites (N-methyl/N-ethyl adjacent to an activating group) is 1. The maximum atomic E-state index is 12.7. The van der Waals surface area contributed by atoms with Crippen molar-refractivity contribution in [2.75, 3.05) is 20.2 Å². The van der Waals surface area contributed by atoms with Crippen LogP contribution in [0.5, 0.6) is 0 Å². The third-order valence-electron chi connectivity index (χ3n) is 8.16. The summed E-state index contributed by atoms with van der Waals surface area (Å²) in [6.07, 6.45) is 4.47. The molecule has 0 aromatic carbocycles. The van der Waals surface area contributed by atoms with Crippen LogP contribution in [0.4, 0.5) is 0 Å². The van der Waals surface area contributed by atoms with Crippen molar-refractivity contribution in [2.24, 2.45) is 23.2 Å². The van der Waals surface area contributed by atoms with Gasteiger partial charge < -0.3 is 19.8 Å². The van der Waals surface area contributed by atoms with E-state index in [4.69, 9.17) is 4.74 Å². The number of aliphatic hydroxyl groups excluding tert-OH is 1. The summed E-state index contributed by atoms with van der Waals surface area (Å²) in [6, 6.07) is 0.154. The maximum absolute atomic E-state index is 12.7. The molecule has 5 nitrogen and oxygen atoms in total. The fourth-order valence-electron chi connectivity index (χ4n) is 7.25. The van der Waals surface area contributed by atoms with E-state index in [0.29, 0.717) is 18.8 Å². The summed E-state index contributed by atoms with van der Waals surface area (Å²) in [5.41, 5.74) is -1.20. The molecule has 8 atom stereocenters. The van der Waals surface area contributed by atoms with Crippen LogP contribution in [0.15, 0.2) is 0 Å². The molecule has 2 aliphatic heterocycles. The average molecular weight is 321 g/mol. The Morgan fingerprint density at radius 1 is 1.35 bits per heavy atom.